The van der Waals surface area contributed by atoms with Crippen LogP contribution in [0, 0.1) is 0 Å². The van der Waals surface area contributed by atoms with E-state index in [-0.39, 0.29) is 55.2 Å². The van der Waals surface area contributed by atoms with Gasteiger partial charge in [0, 0.05) is 48.9 Å². The van der Waals surface area contributed by atoms with Crippen molar-refractivity contribution in [3.8, 4) is 0 Å². The van der Waals surface area contributed by atoms with E-state index >= 15 is 0 Å². The minimum atomic E-state index is -4.74. The van der Waals surface area contributed by atoms with Gasteiger partial charge in [0.25, 0.3) is 0 Å². The van der Waals surface area contributed by atoms with Crippen LogP contribution in [-0.2, 0) is 13.9 Å². The van der Waals surface area contributed by atoms with E-state index in [0.29, 0.717) is 0 Å². The molecule has 8 nitrogen and oxygen atoms in total. The van der Waals surface area contributed by atoms with E-state index in [0.717, 1.165) is 0 Å². The van der Waals surface area contributed by atoms with Crippen molar-refractivity contribution in [2.45, 2.75) is 18.3 Å². The second-order valence-electron chi connectivity index (χ2n) is 2.47. The van der Waals surface area contributed by atoms with E-state index < -0.39 is 32.7 Å². The second-order valence-corrected chi connectivity index (χ2v) is 3.71. The molecule has 0 aliphatic carbocycles. The molecule has 0 fully saturated rings. The van der Waals surface area contributed by atoms with Gasteiger partial charge in [-0.1, -0.05) is 0 Å². The summed E-state index contributed by atoms with van der Waals surface area (Å²) < 4.78 is 14.0. The number of carbonyl (C=O) groups is 1. The van der Waals surface area contributed by atoms with Crippen molar-refractivity contribution in [2.24, 2.45) is 0 Å². The van der Waals surface area contributed by atoms with Crippen LogP contribution in [0.25, 0.3) is 0 Å². The van der Waals surface area contributed by atoms with Crippen LogP contribution in [0.15, 0.2) is 0 Å². The smallest absolute Gasteiger partial charge is 0.388 e. The van der Waals surface area contributed by atoms with Crippen molar-refractivity contribution in [3.63, 3.8) is 0 Å². The van der Waals surface area contributed by atoms with E-state index in [2.05, 4.69) is 4.52 Å². The molecule has 15 heavy (non-hydrogen) atoms. The molecule has 86 valence electrons. The molecular weight excluding hydrogens is 356 g/mol. The summed E-state index contributed by atoms with van der Waals surface area (Å²) in [4.78, 5) is 26.4. The molecule has 0 aromatic rings. The van der Waals surface area contributed by atoms with Crippen LogP contribution in [-0.4, -0.2) is 105 Å². The Balaban J connectivity index is 0. The zero-order valence-electron chi connectivity index (χ0n) is 7.63. The van der Waals surface area contributed by atoms with E-state index in [1.54, 1.807) is 0 Å². The van der Waals surface area contributed by atoms with Gasteiger partial charge in [-0.15, -0.1) is 0 Å². The fraction of sp³-hybridized carbons (Fsp3) is 0.800. The summed E-state index contributed by atoms with van der Waals surface area (Å²) in [6, 6.07) is 0. The Morgan fingerprint density at radius 3 is 2.07 bits per heavy atom. The van der Waals surface area contributed by atoms with Gasteiger partial charge in [-0.05, 0) is 0 Å². The number of carbonyl (C=O) groups excluding carboxylic acids is 1. The minimum absolute atomic E-state index is 0. The number of hydrogen-bond acceptors (Lipinski definition) is 6. The normalized spacial score (nSPS) is 17.4. The molecule has 0 aliphatic heterocycles. The fourth-order valence-corrected chi connectivity index (χ4v) is 0.927. The predicted molar refractivity (Wildman–Crippen MR) is 47.8 cm³/mol. The zero-order chi connectivity index (χ0) is 11.4. The largest absolute Gasteiger partial charge is 0.469 e. The quantitative estimate of drug-likeness (QED) is 0.190. The summed E-state index contributed by atoms with van der Waals surface area (Å²) in [6.07, 6.45) is -5.46. The summed E-state index contributed by atoms with van der Waals surface area (Å²) in [7, 11) is -4.74. The topological polar surface area (TPSA) is 145 Å². The Labute approximate surface area is 126 Å². The summed E-state index contributed by atoms with van der Waals surface area (Å²) in [6.45, 7) is -0.893. The number of phosphoric acid groups is 1. The summed E-state index contributed by atoms with van der Waals surface area (Å²) >= 11 is 0. The number of aliphatic hydroxyl groups is 3. The van der Waals surface area contributed by atoms with Crippen LogP contribution in [0.5, 0.6) is 0 Å². The maximum absolute atomic E-state index is 10.1. The first-order chi connectivity index (χ1) is 6.28. The number of phosphoric ester groups is 1. The summed E-state index contributed by atoms with van der Waals surface area (Å²) in [5.41, 5.74) is 0. The molecule has 0 heterocycles. The van der Waals surface area contributed by atoms with E-state index in [1.165, 1.54) is 0 Å². The fourth-order valence-electron chi connectivity index (χ4n) is 0.580. The number of rotatable bonds is 6. The standard InChI is InChI=1S/C5H11O8P.Ba/c6-1-3(7)5(9)4(8)2-13-14(10,11)12;/h1,3-5,7-9H,2H2,(H2,10,11,12);/t3-,4+,5-;/m0./s1. The van der Waals surface area contributed by atoms with Crippen LogP contribution >= 0.6 is 7.82 Å². The van der Waals surface area contributed by atoms with Gasteiger partial charge in [0.15, 0.2) is 6.29 Å². The average molecular weight is 367 g/mol. The Hall–Kier alpha value is 1.23. The molecule has 0 aromatic carbocycles. The second kappa shape index (κ2) is 8.34. The Morgan fingerprint density at radius 1 is 1.27 bits per heavy atom. The third-order valence-electron chi connectivity index (χ3n) is 1.30. The van der Waals surface area contributed by atoms with Crippen LogP contribution in [0.4, 0.5) is 0 Å². The molecule has 0 saturated carbocycles. The molecule has 0 unspecified atom stereocenters. The van der Waals surface area contributed by atoms with E-state index in [4.69, 9.17) is 25.1 Å². The maximum Gasteiger partial charge on any atom is 0.469 e. The van der Waals surface area contributed by atoms with Gasteiger partial charge in [0.05, 0.1) is 6.61 Å². The van der Waals surface area contributed by atoms with Gasteiger partial charge in [0.1, 0.15) is 18.3 Å². The molecule has 0 aliphatic rings. The third kappa shape index (κ3) is 8.98. The molecule has 2 radical (unpaired) electrons. The van der Waals surface area contributed by atoms with Gasteiger partial charge >= 0.3 is 7.82 Å². The first kappa shape index (κ1) is 18.6. The van der Waals surface area contributed by atoms with Gasteiger partial charge in [-0.25, -0.2) is 4.57 Å². The first-order valence-electron chi connectivity index (χ1n) is 3.47. The molecule has 0 aromatic heterocycles. The van der Waals surface area contributed by atoms with Gasteiger partial charge in [0.2, 0.25) is 0 Å². The van der Waals surface area contributed by atoms with Crippen molar-refractivity contribution in [1.29, 1.82) is 0 Å². The molecule has 0 rings (SSSR count). The van der Waals surface area contributed by atoms with Gasteiger partial charge < -0.3 is 29.9 Å². The average Bonchev–Trinajstić information content (AvgIpc) is 2.10. The number of hydrogen-bond donors (Lipinski definition) is 5. The zero-order valence-corrected chi connectivity index (χ0v) is 13.0. The van der Waals surface area contributed by atoms with E-state index in [9.17, 15) is 9.36 Å². The summed E-state index contributed by atoms with van der Waals surface area (Å²) in [5, 5.41) is 26.6. The van der Waals surface area contributed by atoms with Crippen molar-refractivity contribution in [1.82, 2.24) is 0 Å². The van der Waals surface area contributed by atoms with Crippen molar-refractivity contribution in [2.75, 3.05) is 6.61 Å². The van der Waals surface area contributed by atoms with Crippen LogP contribution in [0.2, 0.25) is 0 Å². The van der Waals surface area contributed by atoms with Crippen molar-refractivity contribution < 1.29 is 39.0 Å². The molecule has 0 bridgehead atoms. The SMILES string of the molecule is O=C[C@H](O)[C@H](O)[C@H](O)COP(=O)(O)O.[Ba]. The Morgan fingerprint density at radius 2 is 1.73 bits per heavy atom. The van der Waals surface area contributed by atoms with Crippen LogP contribution in [0.3, 0.4) is 0 Å². The predicted octanol–water partition coefficient (Wildman–Crippen LogP) is -3.00. The number of aldehydes is 1. The van der Waals surface area contributed by atoms with Crippen molar-refractivity contribution >= 4 is 63.0 Å². The molecule has 3 atom stereocenters. The third-order valence-corrected chi connectivity index (χ3v) is 1.78. The Kier molecular flexibility index (Phi) is 10.3. The molecule has 0 spiro atoms. The van der Waals surface area contributed by atoms with E-state index in [1.807, 2.05) is 0 Å². The minimum Gasteiger partial charge on any atom is -0.388 e. The Bertz CT molecular complexity index is 229. The number of aliphatic hydroxyl groups excluding tert-OH is 3. The monoisotopic (exact) mass is 368 g/mol. The summed E-state index contributed by atoms with van der Waals surface area (Å²) in [5.74, 6) is 0. The van der Waals surface area contributed by atoms with Crippen LogP contribution < -0.4 is 0 Å². The van der Waals surface area contributed by atoms with Crippen molar-refractivity contribution in [3.05, 3.63) is 0 Å². The molecule has 10 heteroatoms. The van der Waals surface area contributed by atoms with Crippen LogP contribution in [0.1, 0.15) is 0 Å². The first-order valence-corrected chi connectivity index (χ1v) is 5.00. The molecular formula is C5H11BaO8P. The maximum atomic E-state index is 10.1. The molecule has 0 saturated heterocycles. The molecule has 0 amide bonds. The van der Waals surface area contributed by atoms with Gasteiger partial charge in [-0.3, -0.25) is 4.52 Å². The molecule has 5 N–H and O–H groups in total. The van der Waals surface area contributed by atoms with Gasteiger partial charge in [-0.2, -0.15) is 0 Å².